The average Bonchev–Trinajstić information content (AvgIpc) is 3.12. The van der Waals surface area contributed by atoms with Crippen molar-refractivity contribution in [2.24, 2.45) is 11.7 Å². The van der Waals surface area contributed by atoms with E-state index in [0.29, 0.717) is 0 Å². The molecule has 102 valence electrons. The number of halogens is 2. The lowest BCUT2D eigenvalue weighted by molar-refractivity contribution is 0.353. The number of nitrogens with two attached hydrogens (primary N) is 1. The maximum Gasteiger partial charge on any atom is 0.161 e. The summed E-state index contributed by atoms with van der Waals surface area (Å²) < 4.78 is 11.5. The Balaban J connectivity index is 0.00000162. The van der Waals surface area contributed by atoms with Crippen LogP contribution in [0.2, 0.25) is 0 Å². The zero-order chi connectivity index (χ0) is 12.4. The third kappa shape index (κ3) is 3.53. The van der Waals surface area contributed by atoms with Crippen molar-refractivity contribution in [1.29, 1.82) is 0 Å². The van der Waals surface area contributed by atoms with E-state index in [9.17, 15) is 0 Å². The molecule has 0 spiro atoms. The Labute approximate surface area is 123 Å². The van der Waals surface area contributed by atoms with Crippen molar-refractivity contribution in [3.05, 3.63) is 22.2 Å². The van der Waals surface area contributed by atoms with Gasteiger partial charge in [0, 0.05) is 10.5 Å². The Morgan fingerprint density at radius 1 is 1.28 bits per heavy atom. The molecule has 1 saturated carbocycles. The fourth-order valence-corrected chi connectivity index (χ4v) is 2.61. The van der Waals surface area contributed by atoms with Gasteiger partial charge in [-0.15, -0.1) is 12.4 Å². The second-order valence-electron chi connectivity index (χ2n) is 4.51. The first-order chi connectivity index (χ1) is 8.15. The van der Waals surface area contributed by atoms with Crippen LogP contribution < -0.4 is 15.2 Å². The number of ether oxygens (including phenoxy) is 2. The lowest BCUT2D eigenvalue weighted by Crippen LogP contribution is -2.12. The van der Waals surface area contributed by atoms with Gasteiger partial charge in [-0.2, -0.15) is 0 Å². The molecule has 0 saturated heterocycles. The molecule has 0 aromatic heterocycles. The molecule has 1 aliphatic rings. The van der Waals surface area contributed by atoms with Crippen LogP contribution in [0.1, 0.15) is 30.9 Å². The molecule has 2 N–H and O–H groups in total. The molecule has 0 bridgehead atoms. The van der Waals surface area contributed by atoms with Crippen LogP contribution in [0.3, 0.4) is 0 Å². The van der Waals surface area contributed by atoms with E-state index >= 15 is 0 Å². The van der Waals surface area contributed by atoms with Crippen LogP contribution in [-0.2, 0) is 0 Å². The molecular weight excluding hydrogens is 318 g/mol. The summed E-state index contributed by atoms with van der Waals surface area (Å²) in [6.07, 6.45) is 3.69. The van der Waals surface area contributed by atoms with Crippen LogP contribution in [0.15, 0.2) is 16.6 Å². The third-order valence-corrected chi connectivity index (χ3v) is 3.87. The Bertz CT molecular complexity index is 410. The van der Waals surface area contributed by atoms with E-state index < -0.39 is 0 Å². The first-order valence-electron chi connectivity index (χ1n) is 5.82. The molecule has 2 rings (SSSR count). The fraction of sp³-hybridized carbons (Fsp3) is 0.538. The highest BCUT2D eigenvalue weighted by atomic mass is 79.9. The number of benzene rings is 1. The van der Waals surface area contributed by atoms with Crippen molar-refractivity contribution in [1.82, 2.24) is 0 Å². The Morgan fingerprint density at radius 3 is 2.33 bits per heavy atom. The van der Waals surface area contributed by atoms with E-state index in [1.165, 1.54) is 12.8 Å². The first kappa shape index (κ1) is 15.6. The standard InChI is InChI=1S/C13H18BrNO2.ClH/c1-16-12-6-9(10(14)7-13(12)17-2)11(15)5-8-3-4-8;/h6-8,11H,3-5,15H2,1-2H3;1H/t11-;/m0./s1. The van der Waals surface area contributed by atoms with Crippen LogP contribution in [0, 0.1) is 5.92 Å². The van der Waals surface area contributed by atoms with Gasteiger partial charge in [0.2, 0.25) is 0 Å². The maximum atomic E-state index is 6.23. The van der Waals surface area contributed by atoms with Gasteiger partial charge in [-0.25, -0.2) is 0 Å². The Kier molecular flexibility index (Phi) is 5.76. The molecule has 1 aromatic rings. The van der Waals surface area contributed by atoms with Gasteiger partial charge in [0.15, 0.2) is 11.5 Å². The summed E-state index contributed by atoms with van der Waals surface area (Å²) >= 11 is 3.55. The van der Waals surface area contributed by atoms with Gasteiger partial charge in [-0.05, 0) is 30.0 Å². The predicted octanol–water partition coefficient (Wildman–Crippen LogP) is 3.69. The summed E-state index contributed by atoms with van der Waals surface area (Å²) in [7, 11) is 3.27. The maximum absolute atomic E-state index is 6.23. The molecule has 1 aliphatic carbocycles. The number of methoxy groups -OCH3 is 2. The monoisotopic (exact) mass is 335 g/mol. The van der Waals surface area contributed by atoms with Crippen LogP contribution >= 0.6 is 28.3 Å². The van der Waals surface area contributed by atoms with Gasteiger partial charge < -0.3 is 15.2 Å². The minimum Gasteiger partial charge on any atom is -0.493 e. The smallest absolute Gasteiger partial charge is 0.161 e. The molecule has 0 radical (unpaired) electrons. The van der Waals surface area contributed by atoms with E-state index in [1.807, 2.05) is 12.1 Å². The highest BCUT2D eigenvalue weighted by Crippen LogP contribution is 2.41. The van der Waals surface area contributed by atoms with Gasteiger partial charge in [0.25, 0.3) is 0 Å². The van der Waals surface area contributed by atoms with Gasteiger partial charge >= 0.3 is 0 Å². The summed E-state index contributed by atoms with van der Waals surface area (Å²) in [5.74, 6) is 2.27. The van der Waals surface area contributed by atoms with Gasteiger partial charge in [-0.3, -0.25) is 0 Å². The molecule has 18 heavy (non-hydrogen) atoms. The summed E-state index contributed by atoms with van der Waals surface area (Å²) in [5, 5.41) is 0. The minimum atomic E-state index is 0. The van der Waals surface area contributed by atoms with Crippen molar-refractivity contribution >= 4 is 28.3 Å². The molecule has 1 aromatic carbocycles. The zero-order valence-electron chi connectivity index (χ0n) is 10.6. The van der Waals surface area contributed by atoms with Gasteiger partial charge in [0.1, 0.15) is 0 Å². The molecule has 5 heteroatoms. The fourth-order valence-electron chi connectivity index (χ4n) is 1.99. The first-order valence-corrected chi connectivity index (χ1v) is 6.62. The molecule has 0 aliphatic heterocycles. The Morgan fingerprint density at radius 2 is 1.83 bits per heavy atom. The lowest BCUT2D eigenvalue weighted by atomic mass is 10.0. The number of hydrogen-bond acceptors (Lipinski definition) is 3. The molecule has 3 nitrogen and oxygen atoms in total. The molecule has 0 amide bonds. The second-order valence-corrected chi connectivity index (χ2v) is 5.37. The summed E-state index contributed by atoms with van der Waals surface area (Å²) in [6, 6.07) is 3.95. The number of rotatable bonds is 5. The predicted molar refractivity (Wildman–Crippen MR) is 78.8 cm³/mol. The van der Waals surface area contributed by atoms with Crippen LogP contribution in [0.5, 0.6) is 11.5 Å². The van der Waals surface area contributed by atoms with Crippen molar-refractivity contribution in [3.8, 4) is 11.5 Å². The van der Waals surface area contributed by atoms with E-state index in [0.717, 1.165) is 33.9 Å². The third-order valence-electron chi connectivity index (χ3n) is 3.19. The van der Waals surface area contributed by atoms with E-state index in [2.05, 4.69) is 15.9 Å². The minimum absolute atomic E-state index is 0. The molecule has 0 unspecified atom stereocenters. The van der Waals surface area contributed by atoms with Crippen molar-refractivity contribution in [2.75, 3.05) is 14.2 Å². The topological polar surface area (TPSA) is 44.5 Å². The molecule has 1 fully saturated rings. The molecular formula is C13H19BrClNO2. The van der Waals surface area contributed by atoms with Crippen molar-refractivity contribution in [3.63, 3.8) is 0 Å². The quantitative estimate of drug-likeness (QED) is 0.892. The van der Waals surface area contributed by atoms with Gasteiger partial charge in [0.05, 0.1) is 14.2 Å². The number of hydrogen-bond donors (Lipinski definition) is 1. The second kappa shape index (κ2) is 6.64. The molecule has 0 heterocycles. The van der Waals surface area contributed by atoms with Crippen LogP contribution in [-0.4, -0.2) is 14.2 Å². The SMILES string of the molecule is COc1cc(Br)c([C@@H](N)CC2CC2)cc1OC.Cl. The summed E-state index contributed by atoms with van der Waals surface area (Å²) in [4.78, 5) is 0. The van der Waals surface area contributed by atoms with Crippen LogP contribution in [0.4, 0.5) is 0 Å². The summed E-state index contributed by atoms with van der Waals surface area (Å²) in [6.45, 7) is 0. The largest absolute Gasteiger partial charge is 0.493 e. The van der Waals surface area contributed by atoms with Crippen LogP contribution in [0.25, 0.3) is 0 Å². The van der Waals surface area contributed by atoms with Crippen molar-refractivity contribution in [2.45, 2.75) is 25.3 Å². The highest BCUT2D eigenvalue weighted by molar-refractivity contribution is 9.10. The van der Waals surface area contributed by atoms with E-state index in [-0.39, 0.29) is 18.4 Å². The van der Waals surface area contributed by atoms with Crippen molar-refractivity contribution < 1.29 is 9.47 Å². The summed E-state index contributed by atoms with van der Waals surface area (Å²) in [5.41, 5.74) is 7.32. The average molecular weight is 337 g/mol. The zero-order valence-corrected chi connectivity index (χ0v) is 13.0. The van der Waals surface area contributed by atoms with E-state index in [1.54, 1.807) is 14.2 Å². The normalized spacial score (nSPS) is 15.8. The van der Waals surface area contributed by atoms with Gasteiger partial charge in [-0.1, -0.05) is 28.8 Å². The van der Waals surface area contributed by atoms with E-state index in [4.69, 9.17) is 15.2 Å². The lowest BCUT2D eigenvalue weighted by Gasteiger charge is -2.16. The Hall–Kier alpha value is -0.450. The molecule has 1 atom stereocenters. The highest BCUT2D eigenvalue weighted by Gasteiger charge is 2.26.